The van der Waals surface area contributed by atoms with Gasteiger partial charge >= 0.3 is 6.03 Å². The number of nitrogens with zero attached hydrogens (tertiary/aromatic N) is 2. The molecule has 1 aromatic heterocycles. The number of rotatable bonds is 2. The molecule has 0 fully saturated rings. The van der Waals surface area contributed by atoms with Crippen molar-refractivity contribution < 1.29 is 4.79 Å². The van der Waals surface area contributed by atoms with Crippen molar-refractivity contribution in [3.8, 4) is 0 Å². The molecule has 0 spiro atoms. The summed E-state index contributed by atoms with van der Waals surface area (Å²) in [6, 6.07) is 12.2. The van der Waals surface area contributed by atoms with Crippen molar-refractivity contribution in [2.75, 3.05) is 4.90 Å². The van der Waals surface area contributed by atoms with E-state index in [9.17, 15) is 4.79 Å². The van der Waals surface area contributed by atoms with Crippen LogP contribution in [0.25, 0.3) is 0 Å². The number of amides is 2. The molecule has 0 saturated heterocycles. The van der Waals surface area contributed by atoms with Crippen LogP contribution in [0.2, 0.25) is 0 Å². The number of aromatic nitrogens is 1. The molecule has 4 heteroatoms. The first kappa shape index (κ1) is 10.2. The first-order chi connectivity index (χ1) is 7.79. The first-order valence-electron chi connectivity index (χ1n) is 4.83. The third-order valence-corrected chi connectivity index (χ3v) is 2.14. The minimum absolute atomic E-state index is 0.529. The Bertz CT molecular complexity index is 431. The highest BCUT2D eigenvalue weighted by atomic mass is 16.2. The van der Waals surface area contributed by atoms with Crippen LogP contribution in [-0.2, 0) is 0 Å². The van der Waals surface area contributed by atoms with Gasteiger partial charge in [-0.05, 0) is 24.3 Å². The number of hydrogen-bond acceptors (Lipinski definition) is 2. The van der Waals surface area contributed by atoms with Gasteiger partial charge in [0.25, 0.3) is 0 Å². The van der Waals surface area contributed by atoms with Crippen molar-refractivity contribution in [2.45, 2.75) is 0 Å². The third kappa shape index (κ3) is 2.00. The molecule has 1 heterocycles. The summed E-state index contributed by atoms with van der Waals surface area (Å²) in [7, 11) is 0. The lowest BCUT2D eigenvalue weighted by molar-refractivity contribution is 0.256. The summed E-state index contributed by atoms with van der Waals surface area (Å²) < 4.78 is 0. The molecule has 0 aliphatic rings. The average Bonchev–Trinajstić information content (AvgIpc) is 2.31. The van der Waals surface area contributed by atoms with E-state index in [2.05, 4.69) is 4.98 Å². The summed E-state index contributed by atoms with van der Waals surface area (Å²) in [5.41, 5.74) is 6.74. The second kappa shape index (κ2) is 4.44. The molecule has 1 aromatic carbocycles. The van der Waals surface area contributed by atoms with Crippen molar-refractivity contribution in [1.29, 1.82) is 0 Å². The number of pyridine rings is 1. The Hall–Kier alpha value is -2.36. The molecule has 0 bridgehead atoms. The predicted molar refractivity (Wildman–Crippen MR) is 62.4 cm³/mol. The standard InChI is InChI=1S/C12H11N3O/c13-12(16)15(10-5-2-1-3-6-10)11-7-4-8-14-9-11/h1-9H,(H2,13,16). The van der Waals surface area contributed by atoms with Crippen LogP contribution in [0.4, 0.5) is 16.2 Å². The normalized spacial score (nSPS) is 9.75. The highest BCUT2D eigenvalue weighted by molar-refractivity contribution is 5.98. The lowest BCUT2D eigenvalue weighted by atomic mass is 10.2. The highest BCUT2D eigenvalue weighted by Crippen LogP contribution is 2.23. The maximum absolute atomic E-state index is 11.4. The molecular formula is C12H11N3O. The number of primary amides is 1. The first-order valence-corrected chi connectivity index (χ1v) is 4.83. The molecule has 0 aliphatic heterocycles. The molecule has 0 atom stereocenters. The maximum atomic E-state index is 11.4. The number of hydrogen-bond donors (Lipinski definition) is 1. The monoisotopic (exact) mass is 213 g/mol. The molecular weight excluding hydrogens is 202 g/mol. The molecule has 16 heavy (non-hydrogen) atoms. The van der Waals surface area contributed by atoms with Gasteiger partial charge in [0.05, 0.1) is 17.6 Å². The Balaban J connectivity index is 2.44. The zero-order valence-corrected chi connectivity index (χ0v) is 8.58. The number of urea groups is 1. The Labute approximate surface area is 93.3 Å². The maximum Gasteiger partial charge on any atom is 0.323 e. The molecule has 2 N–H and O–H groups in total. The average molecular weight is 213 g/mol. The fourth-order valence-corrected chi connectivity index (χ4v) is 1.47. The minimum atomic E-state index is -0.529. The van der Waals surface area contributed by atoms with E-state index >= 15 is 0 Å². The summed E-state index contributed by atoms with van der Waals surface area (Å²) in [6.45, 7) is 0. The number of carbonyl (C=O) groups excluding carboxylic acids is 1. The molecule has 0 unspecified atom stereocenters. The highest BCUT2D eigenvalue weighted by Gasteiger charge is 2.13. The molecule has 0 aliphatic carbocycles. The van der Waals surface area contributed by atoms with Crippen LogP contribution >= 0.6 is 0 Å². The Morgan fingerprint density at radius 3 is 2.31 bits per heavy atom. The van der Waals surface area contributed by atoms with Crippen LogP contribution in [0.5, 0.6) is 0 Å². The van der Waals surface area contributed by atoms with Gasteiger partial charge < -0.3 is 5.73 Å². The van der Waals surface area contributed by atoms with Crippen LogP contribution in [0.1, 0.15) is 0 Å². The van der Waals surface area contributed by atoms with E-state index in [-0.39, 0.29) is 0 Å². The molecule has 0 radical (unpaired) electrons. The van der Waals surface area contributed by atoms with E-state index in [1.165, 1.54) is 4.90 Å². The lowest BCUT2D eigenvalue weighted by Crippen LogP contribution is -2.31. The summed E-state index contributed by atoms with van der Waals surface area (Å²) in [5.74, 6) is 0. The molecule has 80 valence electrons. The van der Waals surface area contributed by atoms with E-state index < -0.39 is 6.03 Å². The molecule has 2 aromatic rings. The summed E-state index contributed by atoms with van der Waals surface area (Å²) in [5, 5.41) is 0. The van der Waals surface area contributed by atoms with Crippen LogP contribution in [0.3, 0.4) is 0 Å². The number of anilines is 2. The second-order valence-electron chi connectivity index (χ2n) is 3.22. The molecule has 0 saturated carbocycles. The van der Waals surface area contributed by atoms with Gasteiger partial charge in [-0.3, -0.25) is 9.88 Å². The smallest absolute Gasteiger partial charge is 0.323 e. The van der Waals surface area contributed by atoms with E-state index in [1.807, 2.05) is 30.3 Å². The molecule has 2 amide bonds. The quantitative estimate of drug-likeness (QED) is 0.832. The van der Waals surface area contributed by atoms with Crippen LogP contribution < -0.4 is 10.6 Å². The van der Waals surface area contributed by atoms with Crippen LogP contribution in [0, 0.1) is 0 Å². The van der Waals surface area contributed by atoms with Crippen molar-refractivity contribution in [2.24, 2.45) is 5.73 Å². The predicted octanol–water partition coefficient (Wildman–Crippen LogP) is 2.30. The zero-order chi connectivity index (χ0) is 11.4. The van der Waals surface area contributed by atoms with E-state index in [0.717, 1.165) is 5.69 Å². The van der Waals surface area contributed by atoms with Crippen molar-refractivity contribution in [1.82, 2.24) is 4.98 Å². The SMILES string of the molecule is NC(=O)N(c1ccccc1)c1cccnc1. The summed E-state index contributed by atoms with van der Waals surface area (Å²) in [6.07, 6.45) is 3.24. The number of benzene rings is 1. The number of carbonyl (C=O) groups is 1. The fourth-order valence-electron chi connectivity index (χ4n) is 1.47. The Morgan fingerprint density at radius 1 is 1.06 bits per heavy atom. The number of nitrogens with two attached hydrogens (primary N) is 1. The number of para-hydroxylation sites is 1. The van der Waals surface area contributed by atoms with Gasteiger partial charge in [0.15, 0.2) is 0 Å². The molecule has 2 rings (SSSR count). The van der Waals surface area contributed by atoms with Gasteiger partial charge in [0.1, 0.15) is 0 Å². The van der Waals surface area contributed by atoms with Crippen LogP contribution in [0.15, 0.2) is 54.9 Å². The zero-order valence-electron chi connectivity index (χ0n) is 8.58. The van der Waals surface area contributed by atoms with Gasteiger partial charge in [-0.25, -0.2) is 4.79 Å². The lowest BCUT2D eigenvalue weighted by Gasteiger charge is -2.19. The summed E-state index contributed by atoms with van der Waals surface area (Å²) in [4.78, 5) is 16.8. The largest absolute Gasteiger partial charge is 0.351 e. The van der Waals surface area contributed by atoms with Gasteiger partial charge in [0, 0.05) is 6.20 Å². The third-order valence-electron chi connectivity index (χ3n) is 2.14. The van der Waals surface area contributed by atoms with Crippen molar-refractivity contribution >= 4 is 17.4 Å². The van der Waals surface area contributed by atoms with Gasteiger partial charge in [-0.2, -0.15) is 0 Å². The van der Waals surface area contributed by atoms with Gasteiger partial charge in [-0.15, -0.1) is 0 Å². The molecule has 4 nitrogen and oxygen atoms in total. The van der Waals surface area contributed by atoms with E-state index in [1.54, 1.807) is 24.5 Å². The van der Waals surface area contributed by atoms with Crippen molar-refractivity contribution in [3.63, 3.8) is 0 Å². The fraction of sp³-hybridized carbons (Fsp3) is 0. The Morgan fingerprint density at radius 2 is 1.75 bits per heavy atom. The van der Waals surface area contributed by atoms with Crippen molar-refractivity contribution in [3.05, 3.63) is 54.9 Å². The topological polar surface area (TPSA) is 59.2 Å². The Kier molecular flexibility index (Phi) is 2.82. The summed E-state index contributed by atoms with van der Waals surface area (Å²) >= 11 is 0. The van der Waals surface area contributed by atoms with Gasteiger partial charge in [0.2, 0.25) is 0 Å². The van der Waals surface area contributed by atoms with Gasteiger partial charge in [-0.1, -0.05) is 18.2 Å². The van der Waals surface area contributed by atoms with E-state index in [0.29, 0.717) is 5.69 Å². The van der Waals surface area contributed by atoms with E-state index in [4.69, 9.17) is 5.73 Å². The second-order valence-corrected chi connectivity index (χ2v) is 3.22. The van der Waals surface area contributed by atoms with Crippen LogP contribution in [-0.4, -0.2) is 11.0 Å². The minimum Gasteiger partial charge on any atom is -0.351 e.